The smallest absolute Gasteiger partial charge is 0.243 e. The molecule has 0 aromatic carbocycles. The van der Waals surface area contributed by atoms with E-state index in [-0.39, 0.29) is 11.8 Å². The molecule has 0 N–H and O–H groups in total. The first-order valence-electron chi connectivity index (χ1n) is 4.74. The molecule has 2 heterocycles. The number of carbonyl (C=O) groups excluding carboxylic acids is 1. The number of aromatic nitrogens is 2. The molecule has 0 saturated heterocycles. The van der Waals surface area contributed by atoms with E-state index >= 15 is 0 Å². The largest absolute Gasteiger partial charge is 0.295 e. The Morgan fingerprint density at radius 2 is 2.27 bits per heavy atom. The van der Waals surface area contributed by atoms with Crippen molar-refractivity contribution in [2.75, 3.05) is 17.3 Å². The summed E-state index contributed by atoms with van der Waals surface area (Å²) in [6, 6.07) is 0. The van der Waals surface area contributed by atoms with Crippen LogP contribution < -0.4 is 4.90 Å². The fraction of sp³-hybridized carbons (Fsp3) is 0.556. The van der Waals surface area contributed by atoms with Crippen molar-refractivity contribution < 1.29 is 4.79 Å². The van der Waals surface area contributed by atoms with E-state index in [1.165, 1.54) is 0 Å². The molecule has 6 heteroatoms. The van der Waals surface area contributed by atoms with E-state index in [9.17, 15) is 4.79 Å². The van der Waals surface area contributed by atoms with Crippen LogP contribution in [0.15, 0.2) is 0 Å². The molecule has 0 atom stereocenters. The Bertz CT molecular complexity index is 402. The van der Waals surface area contributed by atoms with Gasteiger partial charge in [-0.25, -0.2) is 4.68 Å². The van der Waals surface area contributed by atoms with Crippen LogP contribution in [0.2, 0.25) is 5.02 Å². The third-order valence-electron chi connectivity index (χ3n) is 2.45. The number of fused-ring (bicyclic) bond motifs is 1. The Morgan fingerprint density at radius 1 is 1.53 bits per heavy atom. The second-order valence-electron chi connectivity index (χ2n) is 3.48. The number of anilines is 1. The summed E-state index contributed by atoms with van der Waals surface area (Å²) in [4.78, 5) is 13.2. The van der Waals surface area contributed by atoms with Crippen molar-refractivity contribution in [3.63, 3.8) is 0 Å². The average Bonchev–Trinajstić information content (AvgIpc) is 2.54. The van der Waals surface area contributed by atoms with Gasteiger partial charge in [-0.2, -0.15) is 5.10 Å². The molecule has 1 aromatic rings. The Kier molecular flexibility index (Phi) is 2.89. The molecule has 0 spiro atoms. The first-order chi connectivity index (χ1) is 7.15. The molecule has 2 rings (SSSR count). The minimum atomic E-state index is -0.126. The van der Waals surface area contributed by atoms with Crippen LogP contribution in [0.25, 0.3) is 0 Å². The Balaban J connectivity index is 2.45. The molecule has 82 valence electrons. The maximum absolute atomic E-state index is 11.6. The molecule has 0 aliphatic carbocycles. The number of hydrogen-bond acceptors (Lipinski definition) is 2. The molecular formula is C9H11Cl2N3O. The van der Waals surface area contributed by atoms with Gasteiger partial charge in [-0.15, -0.1) is 11.6 Å². The number of amides is 1. The van der Waals surface area contributed by atoms with Gasteiger partial charge >= 0.3 is 0 Å². The minimum absolute atomic E-state index is 0.0272. The van der Waals surface area contributed by atoms with Crippen LogP contribution in [0.3, 0.4) is 0 Å². The van der Waals surface area contributed by atoms with Crippen LogP contribution in [0.4, 0.5) is 5.82 Å². The summed E-state index contributed by atoms with van der Waals surface area (Å²) in [6.45, 7) is 3.29. The first-order valence-corrected chi connectivity index (χ1v) is 5.65. The lowest BCUT2D eigenvalue weighted by Gasteiger charge is -2.27. The molecular weight excluding hydrogens is 237 g/mol. The second-order valence-corrected chi connectivity index (χ2v) is 4.12. The molecule has 0 saturated carbocycles. The van der Waals surface area contributed by atoms with Gasteiger partial charge in [0.2, 0.25) is 5.91 Å². The van der Waals surface area contributed by atoms with Crippen molar-refractivity contribution in [3.8, 4) is 0 Å². The molecule has 0 radical (unpaired) electrons. The fourth-order valence-corrected chi connectivity index (χ4v) is 2.14. The van der Waals surface area contributed by atoms with E-state index in [4.69, 9.17) is 23.2 Å². The first kappa shape index (κ1) is 10.8. The van der Waals surface area contributed by atoms with Gasteiger partial charge in [-0.3, -0.25) is 9.69 Å². The predicted molar refractivity (Wildman–Crippen MR) is 59.7 cm³/mol. The molecule has 1 aliphatic rings. The summed E-state index contributed by atoms with van der Waals surface area (Å²) in [5.41, 5.74) is 0.751. The molecule has 0 unspecified atom stereocenters. The quantitative estimate of drug-likeness (QED) is 0.711. The zero-order chi connectivity index (χ0) is 11.0. The van der Waals surface area contributed by atoms with E-state index < -0.39 is 0 Å². The topological polar surface area (TPSA) is 38.1 Å². The third kappa shape index (κ3) is 1.72. The van der Waals surface area contributed by atoms with Crippen molar-refractivity contribution in [3.05, 3.63) is 10.7 Å². The van der Waals surface area contributed by atoms with E-state index in [1.54, 1.807) is 9.58 Å². The molecule has 1 aliphatic heterocycles. The van der Waals surface area contributed by atoms with E-state index in [0.717, 1.165) is 18.7 Å². The zero-order valence-electron chi connectivity index (χ0n) is 8.33. The van der Waals surface area contributed by atoms with Crippen LogP contribution in [0.1, 0.15) is 12.1 Å². The Morgan fingerprint density at radius 3 is 2.93 bits per heavy atom. The van der Waals surface area contributed by atoms with Crippen LogP contribution in [0.5, 0.6) is 0 Å². The maximum atomic E-state index is 11.6. The van der Waals surface area contributed by atoms with Crippen LogP contribution in [-0.4, -0.2) is 28.1 Å². The van der Waals surface area contributed by atoms with Crippen molar-refractivity contribution in [1.82, 2.24) is 9.78 Å². The van der Waals surface area contributed by atoms with Gasteiger partial charge in [0.05, 0.1) is 5.69 Å². The Hall–Kier alpha value is -0.740. The number of alkyl halides is 1. The SMILES string of the molecule is Cc1nn2c(c1Cl)N(C(=O)CCl)CCC2. The van der Waals surface area contributed by atoms with Gasteiger partial charge in [0.15, 0.2) is 5.82 Å². The number of hydrogen-bond donors (Lipinski definition) is 0. The molecule has 1 aromatic heterocycles. The van der Waals surface area contributed by atoms with Gasteiger partial charge in [0.25, 0.3) is 0 Å². The number of aryl methyl sites for hydroxylation is 2. The van der Waals surface area contributed by atoms with Crippen LogP contribution >= 0.6 is 23.2 Å². The van der Waals surface area contributed by atoms with Gasteiger partial charge in [0.1, 0.15) is 10.9 Å². The highest BCUT2D eigenvalue weighted by molar-refractivity contribution is 6.35. The highest BCUT2D eigenvalue weighted by Gasteiger charge is 2.27. The van der Waals surface area contributed by atoms with Crippen molar-refractivity contribution >= 4 is 34.9 Å². The molecule has 0 fully saturated rings. The van der Waals surface area contributed by atoms with Crippen LogP contribution in [-0.2, 0) is 11.3 Å². The lowest BCUT2D eigenvalue weighted by molar-refractivity contribution is -0.116. The monoisotopic (exact) mass is 247 g/mol. The highest BCUT2D eigenvalue weighted by atomic mass is 35.5. The number of carbonyl (C=O) groups is 1. The lowest BCUT2D eigenvalue weighted by Crippen LogP contribution is -2.38. The lowest BCUT2D eigenvalue weighted by atomic mass is 10.3. The normalized spacial score (nSPS) is 15.3. The van der Waals surface area contributed by atoms with Crippen molar-refractivity contribution in [1.29, 1.82) is 0 Å². The molecule has 0 bridgehead atoms. The van der Waals surface area contributed by atoms with Crippen molar-refractivity contribution in [2.24, 2.45) is 0 Å². The van der Waals surface area contributed by atoms with Gasteiger partial charge in [-0.05, 0) is 13.3 Å². The molecule has 15 heavy (non-hydrogen) atoms. The summed E-state index contributed by atoms with van der Waals surface area (Å²) < 4.78 is 1.77. The zero-order valence-corrected chi connectivity index (χ0v) is 9.85. The summed E-state index contributed by atoms with van der Waals surface area (Å²) in [5.74, 6) is 0.533. The fourth-order valence-electron chi connectivity index (χ4n) is 1.76. The van der Waals surface area contributed by atoms with E-state index in [0.29, 0.717) is 17.4 Å². The Labute approximate surface area is 97.8 Å². The van der Waals surface area contributed by atoms with E-state index in [2.05, 4.69) is 5.10 Å². The summed E-state index contributed by atoms with van der Waals surface area (Å²) >= 11 is 11.6. The van der Waals surface area contributed by atoms with Gasteiger partial charge < -0.3 is 0 Å². The van der Waals surface area contributed by atoms with E-state index in [1.807, 2.05) is 6.92 Å². The van der Waals surface area contributed by atoms with Gasteiger partial charge in [0, 0.05) is 13.1 Å². The molecule has 1 amide bonds. The minimum Gasteiger partial charge on any atom is -0.295 e. The number of halogens is 2. The average molecular weight is 248 g/mol. The summed E-state index contributed by atoms with van der Waals surface area (Å²) in [7, 11) is 0. The second kappa shape index (κ2) is 4.02. The standard InChI is InChI=1S/C9H11Cl2N3O/c1-6-8(11)9-13(7(15)5-10)3-2-4-14(9)12-6/h2-5H2,1H3. The van der Waals surface area contributed by atoms with Crippen LogP contribution in [0, 0.1) is 6.92 Å². The summed E-state index contributed by atoms with van der Waals surface area (Å²) in [5, 5.41) is 4.81. The predicted octanol–water partition coefficient (Wildman–Crippen LogP) is 1.82. The molecule has 4 nitrogen and oxygen atoms in total. The third-order valence-corrected chi connectivity index (χ3v) is 3.12. The van der Waals surface area contributed by atoms with Crippen molar-refractivity contribution in [2.45, 2.75) is 19.9 Å². The number of rotatable bonds is 1. The highest BCUT2D eigenvalue weighted by Crippen LogP contribution is 2.31. The maximum Gasteiger partial charge on any atom is 0.243 e. The van der Waals surface area contributed by atoms with Gasteiger partial charge in [-0.1, -0.05) is 11.6 Å². The summed E-state index contributed by atoms with van der Waals surface area (Å²) in [6.07, 6.45) is 0.882. The number of nitrogens with zero attached hydrogens (tertiary/aromatic N) is 3.